The first kappa shape index (κ1) is 14.5. The molecule has 1 aromatic carbocycles. The van der Waals surface area contributed by atoms with Crippen LogP contribution in [0.2, 0.25) is 0 Å². The van der Waals surface area contributed by atoms with E-state index >= 15 is 0 Å². The molecular weight excluding hydrogens is 324 g/mol. The van der Waals surface area contributed by atoms with Gasteiger partial charge in [-0.05, 0) is 37.5 Å². The number of nitrogens with zero attached hydrogens (tertiary/aromatic N) is 3. The zero-order valence-corrected chi connectivity index (χ0v) is 13.6. The molecule has 0 spiro atoms. The second-order valence-corrected chi connectivity index (χ2v) is 6.20. The highest BCUT2D eigenvalue weighted by Gasteiger charge is 2.43. The molecule has 1 N–H and O–H groups in total. The molecule has 2 aliphatic rings. The maximum absolute atomic E-state index is 5.62. The predicted molar refractivity (Wildman–Crippen MR) is 86.0 cm³/mol. The van der Waals surface area contributed by atoms with Gasteiger partial charge in [0, 0.05) is 12.7 Å². The summed E-state index contributed by atoms with van der Waals surface area (Å²) in [6.45, 7) is 0.237. The molecule has 1 aliphatic heterocycles. The Morgan fingerprint density at radius 2 is 2.08 bits per heavy atom. The summed E-state index contributed by atoms with van der Waals surface area (Å²) in [5.41, 5.74) is 2.02. The molecule has 1 aliphatic carbocycles. The van der Waals surface area contributed by atoms with E-state index in [-0.39, 0.29) is 6.79 Å². The highest BCUT2D eigenvalue weighted by molar-refractivity contribution is 5.77. The van der Waals surface area contributed by atoms with Gasteiger partial charge in [-0.15, -0.1) is 0 Å². The quantitative estimate of drug-likeness (QED) is 0.780. The van der Waals surface area contributed by atoms with Crippen LogP contribution in [0.3, 0.4) is 0 Å². The lowest BCUT2D eigenvalue weighted by molar-refractivity contribution is -0.0858. The van der Waals surface area contributed by atoms with Crippen LogP contribution in [-0.4, -0.2) is 34.2 Å². The van der Waals surface area contributed by atoms with E-state index in [0.717, 1.165) is 41.8 Å². The molecule has 8 heteroatoms. The van der Waals surface area contributed by atoms with Crippen molar-refractivity contribution in [2.45, 2.75) is 24.9 Å². The third-order valence-electron chi connectivity index (χ3n) is 4.92. The van der Waals surface area contributed by atoms with Gasteiger partial charge in [-0.25, -0.2) is 0 Å². The summed E-state index contributed by atoms with van der Waals surface area (Å²) in [5, 5.41) is 11.3. The fourth-order valence-corrected chi connectivity index (χ4v) is 3.26. The van der Waals surface area contributed by atoms with Crippen molar-refractivity contribution in [3.63, 3.8) is 0 Å². The smallest absolute Gasteiger partial charge is 0.261 e. The first-order valence-electron chi connectivity index (χ1n) is 8.12. The molecule has 3 heterocycles. The summed E-state index contributed by atoms with van der Waals surface area (Å²) in [7, 11) is 1.69. The molecule has 0 amide bonds. The number of H-pyrrole nitrogens is 1. The Kier molecular flexibility index (Phi) is 3.08. The summed E-state index contributed by atoms with van der Waals surface area (Å²) in [5.74, 6) is 2.45. The van der Waals surface area contributed by atoms with Gasteiger partial charge in [0.25, 0.3) is 5.89 Å². The lowest BCUT2D eigenvalue weighted by atomic mass is 9.79. The van der Waals surface area contributed by atoms with Gasteiger partial charge >= 0.3 is 0 Å². The number of hydrogen-bond donors (Lipinski definition) is 1. The number of methoxy groups -OCH3 is 1. The number of nitrogens with one attached hydrogen (secondary N) is 1. The number of rotatable bonds is 4. The number of fused-ring (bicyclic) bond motifs is 1. The number of aromatic nitrogens is 4. The number of ether oxygens (including phenoxy) is 3. The predicted octanol–water partition coefficient (Wildman–Crippen LogP) is 2.88. The van der Waals surface area contributed by atoms with Crippen molar-refractivity contribution < 1.29 is 18.7 Å². The van der Waals surface area contributed by atoms with Gasteiger partial charge in [0.05, 0.1) is 17.5 Å². The van der Waals surface area contributed by atoms with Gasteiger partial charge in [-0.3, -0.25) is 5.10 Å². The Morgan fingerprint density at radius 1 is 1.20 bits per heavy atom. The highest BCUT2D eigenvalue weighted by Crippen LogP contribution is 2.44. The first-order chi connectivity index (χ1) is 12.3. The van der Waals surface area contributed by atoms with Crippen molar-refractivity contribution in [3.05, 3.63) is 30.2 Å². The van der Waals surface area contributed by atoms with Gasteiger partial charge in [0.15, 0.2) is 11.5 Å². The minimum Gasteiger partial charge on any atom is -0.454 e. The lowest BCUT2D eigenvalue weighted by Gasteiger charge is -2.37. The molecule has 0 radical (unpaired) electrons. The molecule has 1 fully saturated rings. The number of benzene rings is 1. The topological polar surface area (TPSA) is 95.3 Å². The van der Waals surface area contributed by atoms with Crippen molar-refractivity contribution in [1.29, 1.82) is 0 Å². The normalized spacial score (nSPS) is 17.5. The van der Waals surface area contributed by atoms with E-state index in [0.29, 0.717) is 17.5 Å². The maximum Gasteiger partial charge on any atom is 0.261 e. The summed E-state index contributed by atoms with van der Waals surface area (Å²) < 4.78 is 21.9. The first-order valence-corrected chi connectivity index (χ1v) is 8.12. The van der Waals surface area contributed by atoms with Crippen LogP contribution in [0.4, 0.5) is 0 Å². The van der Waals surface area contributed by atoms with Crippen molar-refractivity contribution in [2.24, 2.45) is 0 Å². The fourth-order valence-electron chi connectivity index (χ4n) is 3.26. The summed E-state index contributed by atoms with van der Waals surface area (Å²) >= 11 is 0. The van der Waals surface area contributed by atoms with Gasteiger partial charge < -0.3 is 18.7 Å². The van der Waals surface area contributed by atoms with Crippen LogP contribution < -0.4 is 9.47 Å². The number of hydrogen-bond acceptors (Lipinski definition) is 7. The third-order valence-corrected chi connectivity index (χ3v) is 4.92. The van der Waals surface area contributed by atoms with Crippen LogP contribution in [-0.2, 0) is 10.3 Å². The van der Waals surface area contributed by atoms with Gasteiger partial charge in [-0.1, -0.05) is 5.16 Å². The van der Waals surface area contributed by atoms with Crippen LogP contribution >= 0.6 is 0 Å². The van der Waals surface area contributed by atoms with Crippen molar-refractivity contribution in [3.8, 4) is 34.2 Å². The van der Waals surface area contributed by atoms with E-state index in [1.165, 1.54) is 0 Å². The molecule has 25 heavy (non-hydrogen) atoms. The minimum absolute atomic E-state index is 0.237. The van der Waals surface area contributed by atoms with E-state index in [9.17, 15) is 0 Å². The zero-order chi connectivity index (χ0) is 16.9. The third kappa shape index (κ3) is 2.14. The van der Waals surface area contributed by atoms with Crippen LogP contribution in [0.15, 0.2) is 28.9 Å². The molecule has 2 aromatic heterocycles. The lowest BCUT2D eigenvalue weighted by Crippen LogP contribution is -2.37. The Balaban J connectivity index is 1.52. The maximum atomic E-state index is 5.62. The van der Waals surface area contributed by atoms with Gasteiger partial charge in [0.1, 0.15) is 5.60 Å². The summed E-state index contributed by atoms with van der Waals surface area (Å²) in [4.78, 5) is 4.56. The van der Waals surface area contributed by atoms with E-state index in [1.807, 2.05) is 18.2 Å². The molecular formula is C17H16N4O4. The second-order valence-electron chi connectivity index (χ2n) is 6.20. The Bertz CT molecular complexity index is 923. The Hall–Kier alpha value is -2.87. The van der Waals surface area contributed by atoms with E-state index in [1.54, 1.807) is 13.3 Å². The fraction of sp³-hybridized carbons (Fsp3) is 0.353. The second kappa shape index (κ2) is 5.32. The Morgan fingerprint density at radius 3 is 2.88 bits per heavy atom. The standard InChI is InChI=1S/C17H16N4O4/c1-22-17(5-2-6-17)16-19-15(25-21-16)11-8-18-20-14(11)10-3-4-12-13(7-10)24-9-23-12/h3-4,7-8H,2,5-6,9H2,1H3,(H,18,20). The average Bonchev–Trinajstić information content (AvgIpc) is 3.33. The van der Waals surface area contributed by atoms with Crippen LogP contribution in [0.1, 0.15) is 25.1 Å². The molecule has 0 unspecified atom stereocenters. The number of aromatic amines is 1. The summed E-state index contributed by atoms with van der Waals surface area (Å²) in [6.07, 6.45) is 4.59. The molecule has 8 nitrogen and oxygen atoms in total. The molecule has 0 atom stereocenters. The van der Waals surface area contributed by atoms with Crippen molar-refractivity contribution in [1.82, 2.24) is 20.3 Å². The van der Waals surface area contributed by atoms with E-state index in [2.05, 4.69) is 20.3 Å². The molecule has 5 rings (SSSR count). The monoisotopic (exact) mass is 340 g/mol. The van der Waals surface area contributed by atoms with Crippen molar-refractivity contribution in [2.75, 3.05) is 13.9 Å². The van der Waals surface area contributed by atoms with Crippen LogP contribution in [0, 0.1) is 0 Å². The van der Waals surface area contributed by atoms with Gasteiger partial charge in [0.2, 0.25) is 12.6 Å². The van der Waals surface area contributed by atoms with E-state index < -0.39 is 5.60 Å². The highest BCUT2D eigenvalue weighted by atomic mass is 16.7. The zero-order valence-electron chi connectivity index (χ0n) is 13.6. The molecule has 128 valence electrons. The van der Waals surface area contributed by atoms with Crippen molar-refractivity contribution >= 4 is 0 Å². The van der Waals surface area contributed by atoms with E-state index in [4.69, 9.17) is 18.7 Å². The average molecular weight is 340 g/mol. The largest absolute Gasteiger partial charge is 0.454 e. The molecule has 0 saturated heterocycles. The molecule has 3 aromatic rings. The van der Waals surface area contributed by atoms with Gasteiger partial charge in [-0.2, -0.15) is 10.1 Å². The SMILES string of the molecule is COC1(c2noc(-c3cn[nH]c3-c3ccc4c(c3)OCO4)n2)CCC1. The minimum atomic E-state index is -0.412. The van der Waals surface area contributed by atoms with Crippen LogP contribution in [0.25, 0.3) is 22.7 Å². The Labute approximate surface area is 143 Å². The molecule has 1 saturated carbocycles. The summed E-state index contributed by atoms with van der Waals surface area (Å²) in [6, 6.07) is 5.71. The van der Waals surface area contributed by atoms with Crippen LogP contribution in [0.5, 0.6) is 11.5 Å². The molecule has 0 bridgehead atoms.